The maximum Gasteiger partial charge on any atom is 0.282 e. The van der Waals surface area contributed by atoms with Gasteiger partial charge in [0, 0.05) is 21.4 Å². The van der Waals surface area contributed by atoms with Crippen LogP contribution in [-0.2, 0) is 9.59 Å². The molecule has 2 amide bonds. The first-order valence-electron chi connectivity index (χ1n) is 8.62. The molecule has 0 aliphatic carbocycles. The molecule has 7 heteroatoms. The van der Waals surface area contributed by atoms with Crippen LogP contribution >= 0.6 is 23.2 Å². The molecule has 2 atom stereocenters. The van der Waals surface area contributed by atoms with Gasteiger partial charge in [-0.25, -0.2) is 0 Å². The van der Waals surface area contributed by atoms with Crippen LogP contribution in [0.25, 0.3) is 0 Å². The number of quaternary nitrogens is 1. The number of rotatable bonds is 6. The summed E-state index contributed by atoms with van der Waals surface area (Å²) in [7, 11) is 1.80. The number of anilines is 2. The zero-order chi connectivity index (χ0) is 20.1. The van der Waals surface area contributed by atoms with Crippen LogP contribution in [0.3, 0.4) is 0 Å². The van der Waals surface area contributed by atoms with Gasteiger partial charge in [0.2, 0.25) is 0 Å². The Morgan fingerprint density at radius 3 is 2.33 bits per heavy atom. The van der Waals surface area contributed by atoms with Gasteiger partial charge < -0.3 is 15.5 Å². The normalized spacial score (nSPS) is 13.0. The number of likely N-dealkylation sites (N-methyl/N-ethyl adjacent to an activating group) is 1. The first kappa shape index (κ1) is 21.2. The molecule has 0 saturated heterocycles. The van der Waals surface area contributed by atoms with Crippen LogP contribution in [0.1, 0.15) is 18.1 Å². The molecule has 0 spiro atoms. The van der Waals surface area contributed by atoms with Gasteiger partial charge in [-0.1, -0.05) is 35.3 Å². The minimum absolute atomic E-state index is 0.147. The molecule has 2 aromatic rings. The van der Waals surface area contributed by atoms with E-state index in [1.807, 2.05) is 32.0 Å². The average molecular weight is 409 g/mol. The Hall–Kier alpha value is -2.08. The van der Waals surface area contributed by atoms with Gasteiger partial charge in [0.15, 0.2) is 12.6 Å². The largest absolute Gasteiger partial charge is 0.321 e. The molecule has 3 N–H and O–H groups in total. The van der Waals surface area contributed by atoms with Crippen LogP contribution in [0.4, 0.5) is 11.4 Å². The fraction of sp³-hybridized carbons (Fsp3) is 0.300. The number of halogens is 2. The summed E-state index contributed by atoms with van der Waals surface area (Å²) in [5, 5.41) is 6.58. The first-order chi connectivity index (χ1) is 12.7. The van der Waals surface area contributed by atoms with Crippen LogP contribution in [0.2, 0.25) is 10.0 Å². The molecule has 27 heavy (non-hydrogen) atoms. The lowest BCUT2D eigenvalue weighted by Crippen LogP contribution is -3.14. The maximum absolute atomic E-state index is 12.5. The van der Waals surface area contributed by atoms with Gasteiger partial charge in [0.25, 0.3) is 11.8 Å². The third-order valence-corrected chi connectivity index (χ3v) is 5.02. The summed E-state index contributed by atoms with van der Waals surface area (Å²) in [4.78, 5) is 25.6. The summed E-state index contributed by atoms with van der Waals surface area (Å²) in [6.07, 6.45) is 0. The quantitative estimate of drug-likeness (QED) is 0.687. The molecule has 2 aromatic carbocycles. The SMILES string of the molecule is Cc1cccc(NC(=O)C[NH+](C)[C@@H](C)C(=O)Nc2cc(Cl)cc(Cl)c2)c1C. The topological polar surface area (TPSA) is 62.6 Å². The highest BCUT2D eigenvalue weighted by atomic mass is 35.5. The highest BCUT2D eigenvalue weighted by molar-refractivity contribution is 6.35. The van der Waals surface area contributed by atoms with Crippen LogP contribution < -0.4 is 15.5 Å². The first-order valence-corrected chi connectivity index (χ1v) is 9.38. The van der Waals surface area contributed by atoms with Crippen LogP contribution in [0, 0.1) is 13.8 Å². The number of benzene rings is 2. The van der Waals surface area contributed by atoms with E-state index in [9.17, 15) is 9.59 Å². The van der Waals surface area contributed by atoms with Gasteiger partial charge >= 0.3 is 0 Å². The number of hydrogen-bond donors (Lipinski definition) is 3. The molecule has 1 unspecified atom stereocenters. The van der Waals surface area contributed by atoms with Crippen LogP contribution in [0.5, 0.6) is 0 Å². The summed E-state index contributed by atoms with van der Waals surface area (Å²) in [6.45, 7) is 5.89. The highest BCUT2D eigenvalue weighted by Gasteiger charge is 2.24. The molecule has 0 bridgehead atoms. The Kier molecular flexibility index (Phi) is 7.25. The van der Waals surface area contributed by atoms with Gasteiger partial charge in [-0.2, -0.15) is 0 Å². The zero-order valence-corrected chi connectivity index (χ0v) is 17.3. The molecule has 5 nitrogen and oxygen atoms in total. The molecular formula is C20H24Cl2N3O2+. The molecule has 0 aliphatic rings. The van der Waals surface area contributed by atoms with E-state index in [0.29, 0.717) is 15.7 Å². The number of aryl methyl sites for hydroxylation is 1. The van der Waals surface area contributed by atoms with Gasteiger partial charge in [0.1, 0.15) is 0 Å². The van der Waals surface area contributed by atoms with Crippen molar-refractivity contribution in [1.82, 2.24) is 0 Å². The highest BCUT2D eigenvalue weighted by Crippen LogP contribution is 2.22. The van der Waals surface area contributed by atoms with Crippen LogP contribution in [0.15, 0.2) is 36.4 Å². The zero-order valence-electron chi connectivity index (χ0n) is 15.8. The lowest BCUT2D eigenvalue weighted by molar-refractivity contribution is -0.885. The Morgan fingerprint density at radius 1 is 1.07 bits per heavy atom. The average Bonchev–Trinajstić information content (AvgIpc) is 2.57. The monoisotopic (exact) mass is 408 g/mol. The molecule has 0 radical (unpaired) electrons. The third-order valence-electron chi connectivity index (χ3n) is 4.58. The summed E-state index contributed by atoms with van der Waals surface area (Å²) >= 11 is 11.9. The van der Waals surface area contributed by atoms with E-state index in [0.717, 1.165) is 21.7 Å². The Morgan fingerprint density at radius 2 is 1.70 bits per heavy atom. The van der Waals surface area contributed by atoms with E-state index in [2.05, 4.69) is 10.6 Å². The van der Waals surface area contributed by atoms with Gasteiger partial charge in [-0.15, -0.1) is 0 Å². The molecule has 0 aliphatic heterocycles. The number of amides is 2. The maximum atomic E-state index is 12.5. The van der Waals surface area contributed by atoms with Crippen molar-refractivity contribution >= 4 is 46.4 Å². The predicted molar refractivity (Wildman–Crippen MR) is 111 cm³/mol. The second kappa shape index (κ2) is 9.22. The predicted octanol–water partition coefficient (Wildman–Crippen LogP) is 3.09. The molecule has 0 heterocycles. The van der Waals surface area contributed by atoms with E-state index in [4.69, 9.17) is 23.2 Å². The van der Waals surface area contributed by atoms with Crippen molar-refractivity contribution in [2.24, 2.45) is 0 Å². The minimum Gasteiger partial charge on any atom is -0.321 e. The van der Waals surface area contributed by atoms with Gasteiger partial charge in [0.05, 0.1) is 7.05 Å². The molecule has 2 rings (SSSR count). The Balaban J connectivity index is 1.95. The molecule has 0 fully saturated rings. The lowest BCUT2D eigenvalue weighted by Gasteiger charge is -2.21. The van der Waals surface area contributed by atoms with Crippen molar-refractivity contribution in [2.45, 2.75) is 26.8 Å². The number of nitrogens with one attached hydrogen (secondary N) is 3. The molecule has 144 valence electrons. The molecule has 0 aromatic heterocycles. The van der Waals surface area contributed by atoms with Crippen molar-refractivity contribution in [3.63, 3.8) is 0 Å². The van der Waals surface area contributed by atoms with Crippen molar-refractivity contribution in [3.8, 4) is 0 Å². The Bertz CT molecular complexity index is 835. The van der Waals surface area contributed by atoms with E-state index >= 15 is 0 Å². The molecule has 0 saturated carbocycles. The lowest BCUT2D eigenvalue weighted by atomic mass is 10.1. The summed E-state index contributed by atoms with van der Waals surface area (Å²) < 4.78 is 0. The smallest absolute Gasteiger partial charge is 0.282 e. The Labute approximate surface area is 169 Å². The standard InChI is InChI=1S/C20H23Cl2N3O2/c1-12-6-5-7-18(13(12)2)24-19(26)11-25(4)14(3)20(27)23-17-9-15(21)8-16(22)10-17/h5-10,14H,11H2,1-4H3,(H,23,27)(H,24,26)/p+1/t14-/m0/s1. The van der Waals surface area contributed by atoms with Crippen LogP contribution in [-0.4, -0.2) is 31.4 Å². The van der Waals surface area contributed by atoms with Gasteiger partial charge in [-0.05, 0) is 56.2 Å². The van der Waals surface area contributed by atoms with Crippen molar-refractivity contribution in [1.29, 1.82) is 0 Å². The van der Waals surface area contributed by atoms with E-state index < -0.39 is 6.04 Å². The van der Waals surface area contributed by atoms with Crippen molar-refractivity contribution in [2.75, 3.05) is 24.2 Å². The number of carbonyl (C=O) groups excluding carboxylic acids is 2. The number of hydrogen-bond acceptors (Lipinski definition) is 2. The van der Waals surface area contributed by atoms with E-state index in [1.54, 1.807) is 32.2 Å². The van der Waals surface area contributed by atoms with Gasteiger partial charge in [-0.3, -0.25) is 9.59 Å². The van der Waals surface area contributed by atoms with Crippen molar-refractivity contribution < 1.29 is 14.5 Å². The fourth-order valence-corrected chi connectivity index (χ4v) is 3.11. The van der Waals surface area contributed by atoms with Crippen molar-refractivity contribution in [3.05, 3.63) is 57.6 Å². The summed E-state index contributed by atoms with van der Waals surface area (Å²) in [5.74, 6) is -0.364. The van der Waals surface area contributed by atoms with E-state index in [1.165, 1.54) is 0 Å². The van der Waals surface area contributed by atoms with E-state index in [-0.39, 0.29) is 18.4 Å². The summed E-state index contributed by atoms with van der Waals surface area (Å²) in [5.41, 5.74) is 3.46. The summed E-state index contributed by atoms with van der Waals surface area (Å²) in [6, 6.07) is 10.2. The fourth-order valence-electron chi connectivity index (χ4n) is 2.59. The second-order valence-corrected chi connectivity index (χ2v) is 7.56. The third kappa shape index (κ3) is 5.96. The molecular weight excluding hydrogens is 385 g/mol. The number of carbonyl (C=O) groups is 2. The minimum atomic E-state index is -0.438. The second-order valence-electron chi connectivity index (χ2n) is 6.69.